The Morgan fingerprint density at radius 2 is 1.95 bits per heavy atom. The normalized spacial score (nSPS) is 20.5. The molecule has 0 spiro atoms. The summed E-state index contributed by atoms with van der Waals surface area (Å²) in [7, 11) is 0. The summed E-state index contributed by atoms with van der Waals surface area (Å²) >= 11 is 0. The monoisotopic (exact) mass is 290 g/mol. The van der Waals surface area contributed by atoms with Gasteiger partial charge in [0.2, 0.25) is 5.91 Å². The van der Waals surface area contributed by atoms with Gasteiger partial charge in [-0.2, -0.15) is 0 Å². The third-order valence-electron chi connectivity index (χ3n) is 3.34. The lowest BCUT2D eigenvalue weighted by atomic mass is 10.1. The fourth-order valence-electron chi connectivity index (χ4n) is 2.42. The molecule has 5 heteroatoms. The average Bonchev–Trinajstić information content (AvgIpc) is 2.71. The van der Waals surface area contributed by atoms with E-state index in [1.807, 2.05) is 51.1 Å². The molecule has 1 aliphatic heterocycles. The lowest BCUT2D eigenvalue weighted by Gasteiger charge is -2.30. The van der Waals surface area contributed by atoms with Gasteiger partial charge in [0.1, 0.15) is 5.60 Å². The Hall–Kier alpha value is -1.88. The first-order valence-electron chi connectivity index (χ1n) is 7.13. The smallest absolute Gasteiger partial charge is 0.334 e. The van der Waals surface area contributed by atoms with Gasteiger partial charge in [0.05, 0.1) is 6.04 Å². The molecule has 1 amide bonds. The van der Waals surface area contributed by atoms with Crippen molar-refractivity contribution in [1.29, 1.82) is 0 Å². The summed E-state index contributed by atoms with van der Waals surface area (Å²) in [4.78, 5) is 26.2. The van der Waals surface area contributed by atoms with E-state index in [4.69, 9.17) is 10.5 Å². The minimum atomic E-state index is -0.730. The van der Waals surface area contributed by atoms with Crippen LogP contribution in [0, 0.1) is 0 Å². The summed E-state index contributed by atoms with van der Waals surface area (Å²) in [5, 5.41) is 0. The molecule has 0 saturated carbocycles. The van der Waals surface area contributed by atoms with E-state index < -0.39 is 23.7 Å². The van der Waals surface area contributed by atoms with Crippen LogP contribution in [0.2, 0.25) is 0 Å². The molecular weight excluding hydrogens is 268 g/mol. The van der Waals surface area contributed by atoms with Crippen LogP contribution in [0.25, 0.3) is 0 Å². The van der Waals surface area contributed by atoms with Gasteiger partial charge in [0.25, 0.3) is 0 Å². The summed E-state index contributed by atoms with van der Waals surface area (Å²) < 4.78 is 5.48. The second kappa shape index (κ2) is 5.85. The molecule has 5 nitrogen and oxygen atoms in total. The highest BCUT2D eigenvalue weighted by Gasteiger charge is 2.39. The Labute approximate surface area is 125 Å². The van der Waals surface area contributed by atoms with Crippen molar-refractivity contribution in [3.63, 3.8) is 0 Å². The van der Waals surface area contributed by atoms with Crippen molar-refractivity contribution in [1.82, 2.24) is 4.90 Å². The Morgan fingerprint density at radius 1 is 1.33 bits per heavy atom. The minimum Gasteiger partial charge on any atom is -0.458 e. The number of ether oxygens (including phenoxy) is 1. The van der Waals surface area contributed by atoms with Crippen LogP contribution in [0.3, 0.4) is 0 Å². The summed E-state index contributed by atoms with van der Waals surface area (Å²) in [5.41, 5.74) is 5.91. The van der Waals surface area contributed by atoms with Crippen molar-refractivity contribution in [3.8, 4) is 0 Å². The van der Waals surface area contributed by atoms with E-state index >= 15 is 0 Å². The number of nitrogens with two attached hydrogens (primary N) is 1. The Balaban J connectivity index is 2.32. The molecule has 0 aliphatic carbocycles. The van der Waals surface area contributed by atoms with E-state index in [2.05, 4.69) is 0 Å². The summed E-state index contributed by atoms with van der Waals surface area (Å²) in [6.45, 7) is 5.90. The van der Waals surface area contributed by atoms with E-state index in [-0.39, 0.29) is 5.91 Å². The predicted octanol–water partition coefficient (Wildman–Crippen LogP) is 1.63. The molecule has 0 aromatic heterocycles. The third kappa shape index (κ3) is 3.61. The molecule has 0 unspecified atom stereocenters. The molecule has 1 heterocycles. The number of carbonyl (C=O) groups excluding carboxylic acids is 2. The average molecular weight is 290 g/mol. The number of esters is 1. The second-order valence-corrected chi connectivity index (χ2v) is 6.27. The fraction of sp³-hybridized carbons (Fsp3) is 0.500. The number of likely N-dealkylation sites (tertiary alicyclic amines) is 1. The van der Waals surface area contributed by atoms with Gasteiger partial charge in [0.15, 0.2) is 6.04 Å². The highest BCUT2D eigenvalue weighted by Crippen LogP contribution is 2.28. The summed E-state index contributed by atoms with van der Waals surface area (Å²) in [6.07, 6.45) is 0.560. The second-order valence-electron chi connectivity index (χ2n) is 6.27. The van der Waals surface area contributed by atoms with Gasteiger partial charge in [-0.05, 0) is 32.8 Å². The standard InChI is InChI=1S/C16H22N2O3/c1-16(2,3)21-15(20)13(11-7-5-4-6-8-11)18-10-9-12(17)14(18)19/h4-8,12-13H,9-10,17H2,1-3H3/t12-,13+/m1/s1. The molecule has 1 saturated heterocycles. The zero-order valence-electron chi connectivity index (χ0n) is 12.7. The van der Waals surface area contributed by atoms with Crippen LogP contribution in [-0.4, -0.2) is 35.0 Å². The van der Waals surface area contributed by atoms with Crippen molar-refractivity contribution in [2.24, 2.45) is 5.73 Å². The molecule has 1 fully saturated rings. The maximum absolute atomic E-state index is 12.5. The zero-order valence-corrected chi connectivity index (χ0v) is 12.7. The molecule has 2 rings (SSSR count). The Morgan fingerprint density at radius 3 is 2.43 bits per heavy atom. The maximum Gasteiger partial charge on any atom is 0.334 e. The van der Waals surface area contributed by atoms with E-state index in [1.54, 1.807) is 0 Å². The van der Waals surface area contributed by atoms with E-state index in [0.717, 1.165) is 5.56 Å². The lowest BCUT2D eigenvalue weighted by molar-refractivity contribution is -0.164. The topological polar surface area (TPSA) is 72.6 Å². The van der Waals surface area contributed by atoms with Crippen LogP contribution in [0.1, 0.15) is 38.8 Å². The first-order valence-corrected chi connectivity index (χ1v) is 7.13. The number of hydrogen-bond donors (Lipinski definition) is 1. The van der Waals surface area contributed by atoms with E-state index in [0.29, 0.717) is 13.0 Å². The lowest BCUT2D eigenvalue weighted by Crippen LogP contribution is -2.42. The Kier molecular flexibility index (Phi) is 4.32. The minimum absolute atomic E-state index is 0.199. The van der Waals surface area contributed by atoms with Gasteiger partial charge in [0, 0.05) is 6.54 Å². The molecule has 2 atom stereocenters. The molecule has 114 valence electrons. The third-order valence-corrected chi connectivity index (χ3v) is 3.34. The van der Waals surface area contributed by atoms with Gasteiger partial charge in [-0.15, -0.1) is 0 Å². The van der Waals surface area contributed by atoms with Gasteiger partial charge >= 0.3 is 5.97 Å². The van der Waals surface area contributed by atoms with E-state index in [1.165, 1.54) is 4.90 Å². The first-order chi connectivity index (χ1) is 9.79. The van der Waals surface area contributed by atoms with Crippen molar-refractivity contribution >= 4 is 11.9 Å². The SMILES string of the molecule is CC(C)(C)OC(=O)[C@H](c1ccccc1)N1CC[C@@H](N)C1=O. The number of rotatable bonds is 3. The van der Waals surface area contributed by atoms with Crippen LogP contribution in [0.4, 0.5) is 0 Å². The quantitative estimate of drug-likeness (QED) is 0.859. The molecule has 21 heavy (non-hydrogen) atoms. The summed E-state index contributed by atoms with van der Waals surface area (Å²) in [6, 6.07) is 7.94. The number of amides is 1. The van der Waals surface area contributed by atoms with Gasteiger partial charge < -0.3 is 15.4 Å². The molecule has 0 bridgehead atoms. The first kappa shape index (κ1) is 15.5. The summed E-state index contributed by atoms with van der Waals surface area (Å²) in [5.74, 6) is -0.620. The molecule has 1 aromatic carbocycles. The number of hydrogen-bond acceptors (Lipinski definition) is 4. The zero-order chi connectivity index (χ0) is 15.6. The van der Waals surface area contributed by atoms with Gasteiger partial charge in [-0.1, -0.05) is 30.3 Å². The van der Waals surface area contributed by atoms with Crippen LogP contribution in [0.15, 0.2) is 30.3 Å². The van der Waals surface area contributed by atoms with Crippen molar-refractivity contribution in [2.75, 3.05) is 6.54 Å². The van der Waals surface area contributed by atoms with Gasteiger partial charge in [-0.25, -0.2) is 4.79 Å². The molecule has 1 aromatic rings. The molecule has 1 aliphatic rings. The maximum atomic E-state index is 12.5. The highest BCUT2D eigenvalue weighted by atomic mass is 16.6. The van der Waals surface area contributed by atoms with Crippen molar-refractivity contribution in [2.45, 2.75) is 44.9 Å². The van der Waals surface area contributed by atoms with Gasteiger partial charge in [-0.3, -0.25) is 4.79 Å². The fourth-order valence-corrected chi connectivity index (χ4v) is 2.42. The van der Waals surface area contributed by atoms with Crippen molar-refractivity contribution < 1.29 is 14.3 Å². The largest absolute Gasteiger partial charge is 0.458 e. The number of benzene rings is 1. The molecule has 0 radical (unpaired) electrons. The predicted molar refractivity (Wildman–Crippen MR) is 79.3 cm³/mol. The van der Waals surface area contributed by atoms with E-state index in [9.17, 15) is 9.59 Å². The highest BCUT2D eigenvalue weighted by molar-refractivity contribution is 5.89. The molecule has 2 N–H and O–H groups in total. The van der Waals surface area contributed by atoms with Crippen LogP contribution < -0.4 is 5.73 Å². The number of carbonyl (C=O) groups is 2. The molecular formula is C16H22N2O3. The van der Waals surface area contributed by atoms with Crippen LogP contribution in [-0.2, 0) is 14.3 Å². The van der Waals surface area contributed by atoms with Crippen LogP contribution in [0.5, 0.6) is 0 Å². The van der Waals surface area contributed by atoms with Crippen molar-refractivity contribution in [3.05, 3.63) is 35.9 Å². The number of nitrogens with zero attached hydrogens (tertiary/aromatic N) is 1. The Bertz CT molecular complexity index is 522. The van der Waals surface area contributed by atoms with Crippen LogP contribution >= 0.6 is 0 Å².